The van der Waals surface area contributed by atoms with E-state index < -0.39 is 15.9 Å². The quantitative estimate of drug-likeness (QED) is 0.173. The number of nitrogens with one attached hydrogen (secondary N) is 1. The maximum atomic E-state index is 14.1. The fraction of sp³-hybridized carbons (Fsp3) is 0.146. The van der Waals surface area contributed by atoms with Gasteiger partial charge in [-0.05, 0) is 54.3 Å². The van der Waals surface area contributed by atoms with Gasteiger partial charge in [-0.3, -0.25) is 9.52 Å². The maximum Gasteiger partial charge on any atom is 0.315 e. The smallest absolute Gasteiger partial charge is 0.315 e. The van der Waals surface area contributed by atoms with Crippen molar-refractivity contribution >= 4 is 27.4 Å². The number of hydrogen-bond donors (Lipinski definition) is 1. The number of hydrogen-bond acceptors (Lipinski definition) is 4. The summed E-state index contributed by atoms with van der Waals surface area (Å²) in [5, 5.41) is 0. The average molecular weight is 638 g/mol. The molecule has 2 aliphatic rings. The molecule has 0 saturated carbocycles. The van der Waals surface area contributed by atoms with Crippen LogP contribution < -0.4 is 4.72 Å². The summed E-state index contributed by atoms with van der Waals surface area (Å²) in [7, 11) is -3.93. The lowest BCUT2D eigenvalue weighted by Gasteiger charge is -2.32. The van der Waals surface area contributed by atoms with Crippen molar-refractivity contribution in [1.29, 1.82) is 0 Å². The van der Waals surface area contributed by atoms with Gasteiger partial charge in [-0.25, -0.2) is 8.42 Å². The third-order valence-corrected chi connectivity index (χ3v) is 10.6. The molecule has 0 amide bonds. The first-order valence-corrected chi connectivity index (χ1v) is 17.3. The lowest BCUT2D eigenvalue weighted by molar-refractivity contribution is -0.143. The van der Waals surface area contributed by atoms with E-state index in [1.54, 1.807) is 24.3 Å². The van der Waals surface area contributed by atoms with Gasteiger partial charge in [-0.1, -0.05) is 139 Å². The number of fused-ring (bicyclic) bond motifs is 3. The average Bonchev–Trinajstić information content (AvgIpc) is 3.42. The van der Waals surface area contributed by atoms with E-state index in [9.17, 15) is 13.2 Å². The fourth-order valence-corrected chi connectivity index (χ4v) is 7.96. The molecule has 4 atom stereocenters. The molecule has 234 valence electrons. The number of aryl methyl sites for hydroxylation is 2. The number of sulfonamides is 1. The number of cyclic esters (lactones) is 1. The Balaban J connectivity index is 1.38. The monoisotopic (exact) mass is 637 g/mol. The normalized spacial score (nSPS) is 19.6. The van der Waals surface area contributed by atoms with Crippen molar-refractivity contribution in [2.24, 2.45) is 5.92 Å². The van der Waals surface area contributed by atoms with Gasteiger partial charge >= 0.3 is 5.97 Å². The van der Waals surface area contributed by atoms with Crippen LogP contribution in [0.3, 0.4) is 0 Å². The maximum absolute atomic E-state index is 14.1. The molecule has 1 heterocycles. The topological polar surface area (TPSA) is 72.5 Å². The van der Waals surface area contributed by atoms with E-state index in [0.29, 0.717) is 11.5 Å². The second kappa shape index (κ2) is 12.5. The van der Waals surface area contributed by atoms with Crippen molar-refractivity contribution in [2.75, 3.05) is 0 Å². The van der Waals surface area contributed by atoms with E-state index in [-0.39, 0.29) is 28.6 Å². The van der Waals surface area contributed by atoms with Crippen LogP contribution in [0.1, 0.15) is 56.7 Å². The predicted molar refractivity (Wildman–Crippen MR) is 186 cm³/mol. The summed E-state index contributed by atoms with van der Waals surface area (Å²) in [5.74, 6) is -1.11. The van der Waals surface area contributed by atoms with Crippen molar-refractivity contribution in [3.8, 4) is 0 Å². The minimum absolute atomic E-state index is 0.178. The van der Waals surface area contributed by atoms with Crippen LogP contribution in [0.25, 0.3) is 11.5 Å². The Morgan fingerprint density at radius 2 is 1.30 bits per heavy atom. The van der Waals surface area contributed by atoms with Crippen LogP contribution in [-0.4, -0.2) is 14.4 Å². The van der Waals surface area contributed by atoms with E-state index in [1.807, 2.05) is 117 Å². The van der Waals surface area contributed by atoms with Gasteiger partial charge in [-0.2, -0.15) is 0 Å². The first kappa shape index (κ1) is 30.5. The molecular formula is C41H35NO4S. The van der Waals surface area contributed by atoms with Crippen LogP contribution in [0.5, 0.6) is 0 Å². The minimum Gasteiger partial charge on any atom is -0.426 e. The lowest BCUT2D eigenvalue weighted by Crippen LogP contribution is -2.30. The summed E-state index contributed by atoms with van der Waals surface area (Å²) < 4.78 is 36.6. The molecule has 6 heteroatoms. The Morgan fingerprint density at radius 1 is 0.723 bits per heavy atom. The molecule has 0 fully saturated rings. The van der Waals surface area contributed by atoms with E-state index in [4.69, 9.17) is 4.74 Å². The Kier molecular flexibility index (Phi) is 8.12. The molecule has 0 bridgehead atoms. The van der Waals surface area contributed by atoms with Gasteiger partial charge in [0.2, 0.25) is 0 Å². The summed E-state index contributed by atoms with van der Waals surface area (Å²) in [4.78, 5) is 14.3. The van der Waals surface area contributed by atoms with Crippen LogP contribution in [0, 0.1) is 19.8 Å². The van der Waals surface area contributed by atoms with Crippen LogP contribution in [0.15, 0.2) is 151 Å². The Labute approximate surface area is 276 Å². The molecule has 1 N–H and O–H groups in total. The first-order chi connectivity index (χ1) is 22.8. The largest absolute Gasteiger partial charge is 0.426 e. The molecule has 0 aromatic heterocycles. The van der Waals surface area contributed by atoms with E-state index in [0.717, 1.165) is 38.9 Å². The lowest BCUT2D eigenvalue weighted by atomic mass is 9.74. The fourth-order valence-electron chi connectivity index (χ4n) is 6.87. The first-order valence-electron chi connectivity index (χ1n) is 15.8. The highest BCUT2D eigenvalue weighted by Crippen LogP contribution is 2.56. The number of carbonyl (C=O) groups is 1. The van der Waals surface area contributed by atoms with Crippen LogP contribution >= 0.6 is 0 Å². The highest BCUT2D eigenvalue weighted by atomic mass is 32.2. The second-order valence-electron chi connectivity index (χ2n) is 12.3. The van der Waals surface area contributed by atoms with E-state index in [2.05, 4.69) is 22.9 Å². The van der Waals surface area contributed by atoms with E-state index in [1.165, 1.54) is 0 Å². The number of carbonyl (C=O) groups excluding carboxylic acids is 1. The summed E-state index contributed by atoms with van der Waals surface area (Å²) in [6.45, 7) is 3.95. The van der Waals surface area contributed by atoms with Crippen molar-refractivity contribution in [3.05, 3.63) is 185 Å². The minimum atomic E-state index is -3.93. The summed E-state index contributed by atoms with van der Waals surface area (Å²) in [6.07, 6.45) is 4.06. The van der Waals surface area contributed by atoms with Gasteiger partial charge in [0, 0.05) is 23.3 Å². The zero-order valence-electron chi connectivity index (χ0n) is 26.2. The molecule has 5 aromatic rings. The third kappa shape index (κ3) is 6.05. The Morgan fingerprint density at radius 3 is 1.96 bits per heavy atom. The highest BCUT2D eigenvalue weighted by molar-refractivity contribution is 7.89. The zero-order chi connectivity index (χ0) is 32.5. The van der Waals surface area contributed by atoms with E-state index >= 15 is 0 Å². The van der Waals surface area contributed by atoms with Gasteiger partial charge in [0.05, 0.1) is 16.5 Å². The van der Waals surface area contributed by atoms with Crippen molar-refractivity contribution in [2.45, 2.75) is 36.5 Å². The molecule has 47 heavy (non-hydrogen) atoms. The second-order valence-corrected chi connectivity index (χ2v) is 14.0. The van der Waals surface area contributed by atoms with Crippen LogP contribution in [0.4, 0.5) is 0 Å². The zero-order valence-corrected chi connectivity index (χ0v) is 27.0. The molecule has 0 radical (unpaired) electrons. The molecule has 1 aliphatic heterocycles. The molecule has 0 spiro atoms. The Hall–Kier alpha value is -5.20. The molecule has 0 unspecified atom stereocenters. The van der Waals surface area contributed by atoms with Gasteiger partial charge in [-0.15, -0.1) is 0 Å². The van der Waals surface area contributed by atoms with Crippen molar-refractivity contribution in [3.63, 3.8) is 0 Å². The molecule has 7 rings (SSSR count). The summed E-state index contributed by atoms with van der Waals surface area (Å²) in [6, 6.07) is 42.4. The summed E-state index contributed by atoms with van der Waals surface area (Å²) >= 11 is 0. The molecule has 5 aromatic carbocycles. The third-order valence-electron chi connectivity index (χ3n) is 9.22. The standard InChI is InChI=1S/C41H35NO4S/c1-27-17-21-31(22-18-27)38-26-36-33-15-9-10-16-34(33)39(40(36)41(43)46-38)35(29-11-5-3-6-12-29)25-37(30-13-7-4-8-14-30)42-47(44,45)32-23-19-28(2)20-24-32/h3-26,35-36,39-40,42H,1-2H3/b37-25-/t35-,36-,39+,40-/m0/s1. The number of allylic oxidation sites excluding steroid dienone is 2. The van der Waals surface area contributed by atoms with Crippen molar-refractivity contribution in [1.82, 2.24) is 4.72 Å². The molecule has 1 aliphatic carbocycles. The predicted octanol–water partition coefficient (Wildman–Crippen LogP) is 8.50. The van der Waals surface area contributed by atoms with Crippen LogP contribution in [-0.2, 0) is 19.6 Å². The molecular weight excluding hydrogens is 603 g/mol. The summed E-state index contributed by atoms with van der Waals surface area (Å²) in [5.41, 5.74) is 7.24. The number of ether oxygens (including phenoxy) is 1. The van der Waals surface area contributed by atoms with Gasteiger partial charge in [0.15, 0.2) is 0 Å². The molecule has 0 saturated heterocycles. The highest BCUT2D eigenvalue weighted by Gasteiger charge is 2.50. The molecule has 5 nitrogen and oxygen atoms in total. The van der Waals surface area contributed by atoms with Gasteiger partial charge in [0.25, 0.3) is 10.0 Å². The number of benzene rings is 5. The SMILES string of the molecule is Cc1ccc(C2=C[C@H]3c4ccccc4[C@H]([C@@H](/C=C(\NS(=O)(=O)c4ccc(C)cc4)c4ccccc4)c4ccccc4)[C@H]3C(=O)O2)cc1. The van der Waals surface area contributed by atoms with Crippen LogP contribution in [0.2, 0.25) is 0 Å². The van der Waals surface area contributed by atoms with Gasteiger partial charge in [0.1, 0.15) is 5.76 Å². The van der Waals surface area contributed by atoms with Gasteiger partial charge < -0.3 is 4.74 Å². The Bertz CT molecular complexity index is 2090. The van der Waals surface area contributed by atoms with Crippen molar-refractivity contribution < 1.29 is 17.9 Å². The number of esters is 1. The number of rotatable bonds is 8.